The molecular formula is C13H21NO4S. The molecule has 1 rings (SSSR count). The predicted molar refractivity (Wildman–Crippen MR) is 75.2 cm³/mol. The maximum Gasteiger partial charge on any atom is 0.148 e. The number of hydrogen-bond acceptors (Lipinski definition) is 5. The third kappa shape index (κ3) is 7.81. The fourth-order valence-corrected chi connectivity index (χ4v) is 2.03. The molecule has 1 N–H and O–H groups in total. The van der Waals surface area contributed by atoms with Gasteiger partial charge in [0.1, 0.15) is 22.2 Å². The number of sulfone groups is 1. The van der Waals surface area contributed by atoms with Gasteiger partial charge in [0.05, 0.1) is 12.4 Å². The third-order valence-corrected chi connectivity index (χ3v) is 3.35. The van der Waals surface area contributed by atoms with E-state index in [1.165, 1.54) is 6.26 Å². The number of rotatable bonds is 9. The first-order chi connectivity index (χ1) is 9.01. The highest BCUT2D eigenvalue weighted by Crippen LogP contribution is 2.13. The first kappa shape index (κ1) is 15.9. The van der Waals surface area contributed by atoms with Crippen LogP contribution in [0.3, 0.4) is 0 Å². The van der Waals surface area contributed by atoms with E-state index in [9.17, 15) is 8.42 Å². The summed E-state index contributed by atoms with van der Waals surface area (Å²) < 4.78 is 32.4. The summed E-state index contributed by atoms with van der Waals surface area (Å²) in [5.41, 5.74) is 1.06. The van der Waals surface area contributed by atoms with Crippen LogP contribution in [0.25, 0.3) is 0 Å². The Morgan fingerprint density at radius 1 is 1.26 bits per heavy atom. The molecule has 19 heavy (non-hydrogen) atoms. The highest BCUT2D eigenvalue weighted by molar-refractivity contribution is 7.90. The normalized spacial score (nSPS) is 11.5. The molecular weight excluding hydrogens is 266 g/mol. The van der Waals surface area contributed by atoms with Crippen LogP contribution < -0.4 is 10.1 Å². The largest absolute Gasteiger partial charge is 0.492 e. The van der Waals surface area contributed by atoms with Gasteiger partial charge >= 0.3 is 0 Å². The van der Waals surface area contributed by atoms with Crippen LogP contribution in [-0.2, 0) is 21.2 Å². The molecule has 0 amide bonds. The topological polar surface area (TPSA) is 64.6 Å². The van der Waals surface area contributed by atoms with Crippen molar-refractivity contribution in [2.24, 2.45) is 0 Å². The zero-order valence-electron chi connectivity index (χ0n) is 11.4. The summed E-state index contributed by atoms with van der Waals surface area (Å²) in [5, 5.41) is 3.02. The van der Waals surface area contributed by atoms with Crippen LogP contribution in [-0.4, -0.2) is 47.2 Å². The van der Waals surface area contributed by atoms with E-state index in [0.717, 1.165) is 11.3 Å². The monoisotopic (exact) mass is 287 g/mol. The van der Waals surface area contributed by atoms with Crippen LogP contribution in [0.2, 0.25) is 0 Å². The Morgan fingerprint density at radius 3 is 2.74 bits per heavy atom. The van der Waals surface area contributed by atoms with Gasteiger partial charge in [0.25, 0.3) is 0 Å². The van der Waals surface area contributed by atoms with Crippen LogP contribution in [0, 0.1) is 0 Å². The Balaban J connectivity index is 2.20. The van der Waals surface area contributed by atoms with Crippen LogP contribution in [0.15, 0.2) is 24.3 Å². The second kappa shape index (κ2) is 8.14. The fourth-order valence-electron chi connectivity index (χ4n) is 1.52. The number of ether oxygens (including phenoxy) is 2. The second-order valence-electron chi connectivity index (χ2n) is 4.31. The van der Waals surface area contributed by atoms with Gasteiger partial charge in [0.15, 0.2) is 0 Å². The maximum absolute atomic E-state index is 10.9. The van der Waals surface area contributed by atoms with Crippen molar-refractivity contribution < 1.29 is 17.9 Å². The molecule has 0 atom stereocenters. The Bertz CT molecular complexity index is 473. The zero-order valence-corrected chi connectivity index (χ0v) is 12.2. The summed E-state index contributed by atoms with van der Waals surface area (Å²) in [6, 6.07) is 7.71. The molecule has 0 aliphatic heterocycles. The molecule has 6 heteroatoms. The minimum absolute atomic E-state index is 0.149. The highest BCUT2D eigenvalue weighted by atomic mass is 32.2. The molecule has 108 valence electrons. The lowest BCUT2D eigenvalue weighted by molar-refractivity contribution is 0.184. The van der Waals surface area contributed by atoms with Crippen molar-refractivity contribution in [1.82, 2.24) is 5.32 Å². The third-order valence-electron chi connectivity index (χ3n) is 2.41. The van der Waals surface area contributed by atoms with Crippen molar-refractivity contribution in [2.45, 2.75) is 6.61 Å². The average Bonchev–Trinajstić information content (AvgIpc) is 2.33. The van der Waals surface area contributed by atoms with Crippen molar-refractivity contribution in [3.8, 4) is 5.75 Å². The van der Waals surface area contributed by atoms with E-state index in [2.05, 4.69) is 5.32 Å². The molecule has 1 aromatic carbocycles. The van der Waals surface area contributed by atoms with Gasteiger partial charge in [0.2, 0.25) is 0 Å². The summed E-state index contributed by atoms with van der Waals surface area (Å²) >= 11 is 0. The minimum Gasteiger partial charge on any atom is -0.492 e. The summed E-state index contributed by atoms with van der Waals surface area (Å²) in [6.45, 7) is 2.12. The molecule has 0 saturated heterocycles. The predicted octanol–water partition coefficient (Wildman–Crippen LogP) is 0.846. The van der Waals surface area contributed by atoms with E-state index >= 15 is 0 Å². The van der Waals surface area contributed by atoms with Crippen LogP contribution in [0.1, 0.15) is 5.56 Å². The van der Waals surface area contributed by atoms with Gasteiger partial charge in [-0.2, -0.15) is 0 Å². The molecule has 0 saturated carbocycles. The minimum atomic E-state index is -2.89. The average molecular weight is 287 g/mol. The van der Waals surface area contributed by atoms with Gasteiger partial charge in [-0.25, -0.2) is 8.42 Å². The second-order valence-corrected chi connectivity index (χ2v) is 6.57. The molecule has 5 nitrogen and oxygen atoms in total. The van der Waals surface area contributed by atoms with Gasteiger partial charge in [0, 0.05) is 26.5 Å². The van der Waals surface area contributed by atoms with E-state index < -0.39 is 9.84 Å². The van der Waals surface area contributed by atoms with Crippen molar-refractivity contribution in [3.05, 3.63) is 29.8 Å². The molecule has 0 spiro atoms. The molecule has 0 aliphatic rings. The molecule has 0 unspecified atom stereocenters. The zero-order chi connectivity index (χ0) is 14.1. The molecule has 0 radical (unpaired) electrons. The van der Waals surface area contributed by atoms with E-state index in [0.29, 0.717) is 26.3 Å². The quantitative estimate of drug-likeness (QED) is 0.682. The lowest BCUT2D eigenvalue weighted by Crippen LogP contribution is -2.26. The Hall–Kier alpha value is -1.11. The Kier molecular flexibility index (Phi) is 6.83. The number of benzene rings is 1. The molecule has 1 aromatic rings. The molecule has 0 fully saturated rings. The maximum atomic E-state index is 10.9. The highest BCUT2D eigenvalue weighted by Gasteiger charge is 2.00. The first-order valence-corrected chi connectivity index (χ1v) is 8.16. The van der Waals surface area contributed by atoms with Gasteiger partial charge in [-0.1, -0.05) is 12.1 Å². The van der Waals surface area contributed by atoms with Crippen LogP contribution >= 0.6 is 0 Å². The fraction of sp³-hybridized carbons (Fsp3) is 0.538. The van der Waals surface area contributed by atoms with Gasteiger partial charge in [-0.3, -0.25) is 0 Å². The smallest absolute Gasteiger partial charge is 0.148 e. The van der Waals surface area contributed by atoms with Crippen molar-refractivity contribution in [3.63, 3.8) is 0 Å². The first-order valence-electron chi connectivity index (χ1n) is 6.10. The van der Waals surface area contributed by atoms with Crippen LogP contribution in [0.4, 0.5) is 0 Å². The van der Waals surface area contributed by atoms with Gasteiger partial charge in [-0.15, -0.1) is 0 Å². The van der Waals surface area contributed by atoms with Crippen molar-refractivity contribution in [1.29, 1.82) is 0 Å². The van der Waals surface area contributed by atoms with Gasteiger partial charge in [-0.05, 0) is 17.7 Å². The summed E-state index contributed by atoms with van der Waals surface area (Å²) in [6.07, 6.45) is 1.23. The lowest BCUT2D eigenvalue weighted by Gasteiger charge is -2.08. The molecule has 0 bridgehead atoms. The van der Waals surface area contributed by atoms with E-state index in [1.807, 2.05) is 24.3 Å². The lowest BCUT2D eigenvalue weighted by atomic mass is 10.2. The van der Waals surface area contributed by atoms with Gasteiger partial charge < -0.3 is 14.8 Å². The summed E-state index contributed by atoms with van der Waals surface area (Å²) in [4.78, 5) is 0. The van der Waals surface area contributed by atoms with Crippen molar-refractivity contribution in [2.75, 3.05) is 38.8 Å². The number of methoxy groups -OCH3 is 1. The van der Waals surface area contributed by atoms with E-state index in [1.54, 1.807) is 7.11 Å². The Morgan fingerprint density at radius 2 is 2.05 bits per heavy atom. The molecule has 0 aromatic heterocycles. The standard InChI is InChI=1S/C13H21NO4S/c1-17-11-12-4-3-5-13(10-12)18-8-6-14-7-9-19(2,15)16/h3-5,10,14H,6-9,11H2,1-2H3. The summed E-state index contributed by atoms with van der Waals surface area (Å²) in [5.74, 6) is 0.940. The number of nitrogens with one attached hydrogen (secondary N) is 1. The van der Waals surface area contributed by atoms with E-state index in [-0.39, 0.29) is 5.75 Å². The number of hydrogen-bond donors (Lipinski definition) is 1. The molecule has 0 aliphatic carbocycles. The van der Waals surface area contributed by atoms with E-state index in [4.69, 9.17) is 9.47 Å². The van der Waals surface area contributed by atoms with Crippen molar-refractivity contribution >= 4 is 9.84 Å². The van der Waals surface area contributed by atoms with Crippen LogP contribution in [0.5, 0.6) is 5.75 Å². The SMILES string of the molecule is COCc1cccc(OCCNCCS(C)(=O)=O)c1. The Labute approximate surface area is 114 Å². The molecule has 0 heterocycles. The summed E-state index contributed by atoms with van der Waals surface area (Å²) in [7, 11) is -1.24.